The second-order valence-electron chi connectivity index (χ2n) is 6.93. The highest BCUT2D eigenvalue weighted by atomic mass is 32.2. The summed E-state index contributed by atoms with van der Waals surface area (Å²) in [5, 5.41) is 15.1. The molecule has 3 aliphatic rings. The van der Waals surface area contributed by atoms with Gasteiger partial charge in [0.25, 0.3) is 0 Å². The van der Waals surface area contributed by atoms with Gasteiger partial charge in [-0.3, -0.25) is 4.79 Å². The molecule has 3 N–H and O–H groups in total. The normalized spacial score (nSPS) is 32.9. The number of thioether (sulfide) groups is 1. The smallest absolute Gasteiger partial charge is 0.246 e. The van der Waals surface area contributed by atoms with Gasteiger partial charge in [-0.1, -0.05) is 11.8 Å². The Kier molecular flexibility index (Phi) is 4.02. The first-order valence-electron chi connectivity index (χ1n) is 8.26. The topological polar surface area (TPSA) is 113 Å². The molecule has 132 valence electrons. The van der Waals surface area contributed by atoms with Crippen molar-refractivity contribution in [1.82, 2.24) is 4.98 Å². The molecule has 3 atom stereocenters. The summed E-state index contributed by atoms with van der Waals surface area (Å²) >= 11 is 3.03. The highest BCUT2D eigenvalue weighted by Gasteiger charge is 2.52. The van der Waals surface area contributed by atoms with Crippen molar-refractivity contribution in [1.29, 1.82) is 5.26 Å². The molecule has 0 bridgehead atoms. The summed E-state index contributed by atoms with van der Waals surface area (Å²) in [6, 6.07) is 2.10. The van der Waals surface area contributed by atoms with Gasteiger partial charge in [0.05, 0.1) is 18.8 Å². The number of amidine groups is 1. The molecule has 1 saturated heterocycles. The molecule has 0 spiro atoms. The predicted octanol–water partition coefficient (Wildman–Crippen LogP) is 2.07. The first kappa shape index (κ1) is 16.8. The van der Waals surface area contributed by atoms with Crippen LogP contribution in [0, 0.1) is 22.7 Å². The number of hydrogen-bond acceptors (Lipinski definition) is 8. The van der Waals surface area contributed by atoms with Gasteiger partial charge in [-0.2, -0.15) is 5.26 Å². The molecule has 3 heterocycles. The molecule has 1 amide bonds. The molecule has 1 aromatic heterocycles. The summed E-state index contributed by atoms with van der Waals surface area (Å²) in [4.78, 5) is 21.6. The standard InChI is InChI=1S/C16H19N5O2S2/c1-9-4-10-5-25-14(18)21-16(10,8-23-9)13-20-11(6-24-13)19-12(22)15(7-17)2-3-15/h6,9-10H,2-5,8H2,1H3,(H2,18,21)(H,19,22)/t9-,10-,16?/m0/s1. The highest BCUT2D eigenvalue weighted by Crippen LogP contribution is 2.48. The largest absolute Gasteiger partial charge is 0.379 e. The third-order valence-electron chi connectivity index (χ3n) is 5.14. The third-order valence-corrected chi connectivity index (χ3v) is 7.10. The maximum Gasteiger partial charge on any atom is 0.246 e. The van der Waals surface area contributed by atoms with Crippen LogP contribution in [0.1, 0.15) is 31.2 Å². The number of rotatable bonds is 3. The van der Waals surface area contributed by atoms with Crippen LogP contribution in [0.4, 0.5) is 5.82 Å². The van der Waals surface area contributed by atoms with Gasteiger partial charge in [-0.05, 0) is 26.2 Å². The van der Waals surface area contributed by atoms with Gasteiger partial charge in [0, 0.05) is 17.1 Å². The van der Waals surface area contributed by atoms with E-state index >= 15 is 0 Å². The molecule has 1 aromatic rings. The monoisotopic (exact) mass is 377 g/mol. The minimum absolute atomic E-state index is 0.192. The number of hydrogen-bond donors (Lipinski definition) is 2. The number of fused-ring (bicyclic) bond motifs is 1. The number of aliphatic imine (C=N–C) groups is 1. The number of amides is 1. The lowest BCUT2D eigenvalue weighted by Gasteiger charge is -2.44. The van der Waals surface area contributed by atoms with Crippen LogP contribution in [0.15, 0.2) is 10.4 Å². The van der Waals surface area contributed by atoms with Crippen LogP contribution in [0.3, 0.4) is 0 Å². The Morgan fingerprint density at radius 2 is 2.36 bits per heavy atom. The van der Waals surface area contributed by atoms with Crippen LogP contribution in [0.25, 0.3) is 0 Å². The van der Waals surface area contributed by atoms with E-state index in [2.05, 4.69) is 23.3 Å². The van der Waals surface area contributed by atoms with Crippen molar-refractivity contribution in [3.05, 3.63) is 10.4 Å². The van der Waals surface area contributed by atoms with Crippen molar-refractivity contribution < 1.29 is 9.53 Å². The first-order valence-corrected chi connectivity index (χ1v) is 10.1. The average molecular weight is 377 g/mol. The minimum atomic E-state index is -0.863. The number of anilines is 1. The van der Waals surface area contributed by atoms with E-state index in [4.69, 9.17) is 20.7 Å². The van der Waals surface area contributed by atoms with Crippen LogP contribution < -0.4 is 11.1 Å². The molecule has 1 saturated carbocycles. The second kappa shape index (κ2) is 5.97. The van der Waals surface area contributed by atoms with Gasteiger partial charge in [-0.15, -0.1) is 11.3 Å². The van der Waals surface area contributed by atoms with Crippen LogP contribution in [0.5, 0.6) is 0 Å². The second-order valence-corrected chi connectivity index (χ2v) is 8.82. The summed E-state index contributed by atoms with van der Waals surface area (Å²) < 4.78 is 5.89. The molecule has 7 nitrogen and oxygen atoms in total. The van der Waals surface area contributed by atoms with E-state index in [0.717, 1.165) is 17.2 Å². The molecule has 0 aromatic carbocycles. The maximum atomic E-state index is 12.2. The quantitative estimate of drug-likeness (QED) is 0.833. The van der Waals surface area contributed by atoms with Crippen molar-refractivity contribution in [2.75, 3.05) is 17.7 Å². The van der Waals surface area contributed by atoms with E-state index < -0.39 is 11.0 Å². The van der Waals surface area contributed by atoms with Crippen LogP contribution in [0.2, 0.25) is 0 Å². The van der Waals surface area contributed by atoms with Gasteiger partial charge < -0.3 is 15.8 Å². The Morgan fingerprint density at radius 3 is 3.08 bits per heavy atom. The fraction of sp³-hybridized carbons (Fsp3) is 0.625. The Bertz CT molecular complexity index is 782. The SMILES string of the molecule is C[C@H]1C[C@H]2CSC(N)=NC2(c2nc(NC(=O)C3(C#N)CC3)cs2)CO1. The predicted molar refractivity (Wildman–Crippen MR) is 97.3 cm³/mol. The van der Waals surface area contributed by atoms with Crippen LogP contribution in [-0.2, 0) is 15.1 Å². The summed E-state index contributed by atoms with van der Waals surface area (Å²) in [5.74, 6) is 1.40. The Morgan fingerprint density at radius 1 is 1.56 bits per heavy atom. The summed E-state index contributed by atoms with van der Waals surface area (Å²) in [6.45, 7) is 2.52. The van der Waals surface area contributed by atoms with Crippen molar-refractivity contribution in [2.24, 2.45) is 22.1 Å². The summed E-state index contributed by atoms with van der Waals surface area (Å²) in [6.07, 6.45) is 2.32. The first-order chi connectivity index (χ1) is 12.0. The molecule has 1 aliphatic carbocycles. The van der Waals surface area contributed by atoms with Gasteiger partial charge >= 0.3 is 0 Å². The maximum absolute atomic E-state index is 12.2. The highest BCUT2D eigenvalue weighted by molar-refractivity contribution is 8.13. The van der Waals surface area contributed by atoms with E-state index in [1.54, 1.807) is 17.1 Å². The lowest BCUT2D eigenvalue weighted by molar-refractivity contribution is -0.119. The molecule has 25 heavy (non-hydrogen) atoms. The van der Waals surface area contributed by atoms with E-state index in [1.807, 2.05) is 0 Å². The zero-order valence-corrected chi connectivity index (χ0v) is 15.5. The van der Waals surface area contributed by atoms with Gasteiger partial charge in [0.2, 0.25) is 5.91 Å². The van der Waals surface area contributed by atoms with E-state index in [9.17, 15) is 4.79 Å². The van der Waals surface area contributed by atoms with E-state index in [1.165, 1.54) is 11.3 Å². The van der Waals surface area contributed by atoms with E-state index in [-0.39, 0.29) is 12.0 Å². The fourth-order valence-corrected chi connectivity index (χ4v) is 5.33. The number of thiazole rings is 1. The van der Waals surface area contributed by atoms with Gasteiger partial charge in [0.1, 0.15) is 21.8 Å². The Balaban J connectivity index is 1.60. The zero-order chi connectivity index (χ0) is 17.7. The van der Waals surface area contributed by atoms with Gasteiger partial charge in [-0.25, -0.2) is 9.98 Å². The molecule has 0 radical (unpaired) electrons. The number of nitriles is 1. The molecule has 2 aliphatic heterocycles. The number of carbonyl (C=O) groups is 1. The molecular weight excluding hydrogens is 358 g/mol. The number of nitrogens with zero attached hydrogens (tertiary/aromatic N) is 3. The lowest BCUT2D eigenvalue weighted by atomic mass is 9.80. The fourth-order valence-electron chi connectivity index (χ4n) is 3.36. The number of carbonyl (C=O) groups excluding carboxylic acids is 1. The number of nitrogens with two attached hydrogens (primary N) is 1. The number of aromatic nitrogens is 1. The Hall–Kier alpha value is -1.63. The number of nitrogens with one attached hydrogen (secondary N) is 1. The molecule has 4 rings (SSSR count). The van der Waals surface area contributed by atoms with Crippen molar-refractivity contribution in [3.63, 3.8) is 0 Å². The zero-order valence-electron chi connectivity index (χ0n) is 13.8. The average Bonchev–Trinajstić information content (AvgIpc) is 3.27. The van der Waals surface area contributed by atoms with Gasteiger partial charge in [0.15, 0.2) is 5.17 Å². The number of ether oxygens (including phenoxy) is 1. The van der Waals surface area contributed by atoms with Crippen molar-refractivity contribution >= 4 is 40.0 Å². The lowest BCUT2D eigenvalue weighted by Crippen LogP contribution is -2.49. The molecular formula is C16H19N5O2S2. The van der Waals surface area contributed by atoms with Crippen molar-refractivity contribution in [3.8, 4) is 6.07 Å². The Labute approximate surface area is 154 Å². The van der Waals surface area contributed by atoms with Crippen molar-refractivity contribution in [2.45, 2.75) is 37.8 Å². The van der Waals surface area contributed by atoms with Crippen LogP contribution >= 0.6 is 23.1 Å². The summed E-state index contributed by atoms with van der Waals surface area (Å²) in [5.41, 5.74) is 4.57. The summed E-state index contributed by atoms with van der Waals surface area (Å²) in [7, 11) is 0. The molecule has 2 fully saturated rings. The molecule has 1 unspecified atom stereocenters. The third kappa shape index (κ3) is 2.82. The molecule has 9 heteroatoms. The van der Waals surface area contributed by atoms with E-state index in [0.29, 0.717) is 36.4 Å². The van der Waals surface area contributed by atoms with Crippen LogP contribution in [-0.4, -0.2) is 34.5 Å². The minimum Gasteiger partial charge on any atom is -0.379 e.